The van der Waals surface area contributed by atoms with Crippen molar-refractivity contribution < 1.29 is 22.3 Å². The van der Waals surface area contributed by atoms with Gasteiger partial charge in [-0.15, -0.1) is 0 Å². The van der Waals surface area contributed by atoms with Crippen molar-refractivity contribution in [3.8, 4) is 0 Å². The molecule has 0 saturated carbocycles. The highest BCUT2D eigenvalue weighted by molar-refractivity contribution is 7.89. The molecule has 7 heteroatoms. The summed E-state index contributed by atoms with van der Waals surface area (Å²) in [6.45, 7) is 0.938. The molecule has 0 bridgehead atoms. The van der Waals surface area contributed by atoms with Crippen molar-refractivity contribution in [1.82, 2.24) is 4.31 Å². The molecule has 0 aliphatic carbocycles. The topological polar surface area (TPSA) is 55.8 Å². The third-order valence-electron chi connectivity index (χ3n) is 4.34. The van der Waals surface area contributed by atoms with E-state index in [1.807, 2.05) is 0 Å². The largest absolute Gasteiger partial charge is 0.382 e. The van der Waals surface area contributed by atoms with E-state index in [2.05, 4.69) is 0 Å². The maximum atomic E-state index is 13.3. The molecule has 5 nitrogen and oxygen atoms in total. The van der Waals surface area contributed by atoms with E-state index < -0.39 is 15.8 Å². The summed E-state index contributed by atoms with van der Waals surface area (Å²) in [7, 11) is -2.05. The van der Waals surface area contributed by atoms with Gasteiger partial charge in [0.05, 0.1) is 29.8 Å². The van der Waals surface area contributed by atoms with E-state index in [0.29, 0.717) is 19.6 Å². The molecule has 2 aliphatic rings. The fraction of sp³-hybridized carbons (Fsp3) is 0.600. The summed E-state index contributed by atoms with van der Waals surface area (Å²) in [5.74, 6) is -0.545. The van der Waals surface area contributed by atoms with Crippen LogP contribution in [0.4, 0.5) is 4.39 Å². The van der Waals surface area contributed by atoms with E-state index in [1.165, 1.54) is 22.5 Å². The molecule has 0 amide bonds. The van der Waals surface area contributed by atoms with Gasteiger partial charge in [-0.1, -0.05) is 6.07 Å². The standard InChI is InChI=1S/C15H20FNO4S/c1-20-10-12-5-6-14-15(21-12)7-8-17(14)22(18,19)13-4-2-3-11(16)9-13/h2-4,9,12,14-15H,5-8,10H2,1H3/t12-,14-,15-/m0/s1. The van der Waals surface area contributed by atoms with Gasteiger partial charge in [0.1, 0.15) is 5.82 Å². The van der Waals surface area contributed by atoms with Crippen molar-refractivity contribution in [2.24, 2.45) is 0 Å². The summed E-state index contributed by atoms with van der Waals surface area (Å²) in [5, 5.41) is 0. The van der Waals surface area contributed by atoms with Crippen molar-refractivity contribution in [3.05, 3.63) is 30.1 Å². The lowest BCUT2D eigenvalue weighted by Gasteiger charge is -2.35. The summed E-state index contributed by atoms with van der Waals surface area (Å²) in [6, 6.07) is 5.00. The molecule has 2 fully saturated rings. The summed E-state index contributed by atoms with van der Waals surface area (Å²) in [4.78, 5) is 0.00663. The van der Waals surface area contributed by atoms with Gasteiger partial charge in [0.25, 0.3) is 0 Å². The Labute approximate surface area is 130 Å². The van der Waals surface area contributed by atoms with Gasteiger partial charge < -0.3 is 9.47 Å². The van der Waals surface area contributed by atoms with Crippen molar-refractivity contribution in [3.63, 3.8) is 0 Å². The lowest BCUT2D eigenvalue weighted by Crippen LogP contribution is -2.45. The first-order valence-electron chi connectivity index (χ1n) is 7.44. The number of methoxy groups -OCH3 is 1. The van der Waals surface area contributed by atoms with Crippen LogP contribution in [0.3, 0.4) is 0 Å². The maximum absolute atomic E-state index is 13.3. The van der Waals surface area contributed by atoms with Gasteiger partial charge >= 0.3 is 0 Å². The average Bonchev–Trinajstić information content (AvgIpc) is 2.91. The van der Waals surface area contributed by atoms with Gasteiger partial charge in [-0.3, -0.25) is 0 Å². The predicted molar refractivity (Wildman–Crippen MR) is 78.5 cm³/mol. The van der Waals surface area contributed by atoms with Crippen LogP contribution in [0.1, 0.15) is 19.3 Å². The van der Waals surface area contributed by atoms with E-state index in [0.717, 1.165) is 18.9 Å². The minimum Gasteiger partial charge on any atom is -0.382 e. The van der Waals surface area contributed by atoms with Crippen LogP contribution >= 0.6 is 0 Å². The van der Waals surface area contributed by atoms with Gasteiger partial charge in [0, 0.05) is 13.7 Å². The van der Waals surface area contributed by atoms with Crippen LogP contribution in [-0.2, 0) is 19.5 Å². The first-order valence-corrected chi connectivity index (χ1v) is 8.88. The molecule has 0 spiro atoms. The Kier molecular flexibility index (Phi) is 4.49. The number of halogens is 1. The highest BCUT2D eigenvalue weighted by Crippen LogP contribution is 2.35. The number of benzene rings is 1. The third kappa shape index (κ3) is 2.90. The van der Waals surface area contributed by atoms with Crippen molar-refractivity contribution in [2.45, 2.75) is 42.4 Å². The zero-order valence-electron chi connectivity index (χ0n) is 12.4. The quantitative estimate of drug-likeness (QED) is 0.845. The fourth-order valence-electron chi connectivity index (χ4n) is 3.33. The van der Waals surface area contributed by atoms with Crippen LogP contribution in [0.5, 0.6) is 0 Å². The fourth-order valence-corrected chi connectivity index (χ4v) is 5.05. The van der Waals surface area contributed by atoms with Crippen molar-refractivity contribution >= 4 is 10.0 Å². The monoisotopic (exact) mass is 329 g/mol. The van der Waals surface area contributed by atoms with Crippen LogP contribution in [-0.4, -0.2) is 51.2 Å². The Morgan fingerprint density at radius 1 is 1.36 bits per heavy atom. The van der Waals surface area contributed by atoms with Crippen LogP contribution in [0.25, 0.3) is 0 Å². The third-order valence-corrected chi connectivity index (χ3v) is 6.26. The van der Waals surface area contributed by atoms with Crippen molar-refractivity contribution in [1.29, 1.82) is 0 Å². The molecule has 3 rings (SSSR count). The van der Waals surface area contributed by atoms with E-state index in [4.69, 9.17) is 9.47 Å². The first kappa shape index (κ1) is 15.9. The minimum absolute atomic E-state index is 0.00663. The molecule has 2 aliphatic heterocycles. The Morgan fingerprint density at radius 2 is 2.18 bits per heavy atom. The van der Waals surface area contributed by atoms with Gasteiger partial charge in [-0.05, 0) is 37.5 Å². The van der Waals surface area contributed by atoms with E-state index >= 15 is 0 Å². The number of sulfonamides is 1. The number of fused-ring (bicyclic) bond motifs is 1. The first-order chi connectivity index (χ1) is 10.5. The number of ether oxygens (including phenoxy) is 2. The minimum atomic E-state index is -3.68. The zero-order valence-corrected chi connectivity index (χ0v) is 13.3. The highest BCUT2D eigenvalue weighted by Gasteiger charge is 2.45. The molecule has 0 radical (unpaired) electrons. The summed E-state index contributed by atoms with van der Waals surface area (Å²) in [5.41, 5.74) is 0. The second kappa shape index (κ2) is 6.23. The molecule has 22 heavy (non-hydrogen) atoms. The highest BCUT2D eigenvalue weighted by atomic mass is 32.2. The lowest BCUT2D eigenvalue weighted by molar-refractivity contribution is -0.0872. The number of nitrogens with zero attached hydrogens (tertiary/aromatic N) is 1. The summed E-state index contributed by atoms with van der Waals surface area (Å²) < 4.78 is 51.3. The number of hydrogen-bond donors (Lipinski definition) is 0. The Bertz CT molecular complexity index is 636. The molecule has 2 heterocycles. The number of hydrogen-bond acceptors (Lipinski definition) is 4. The molecular formula is C15H20FNO4S. The van der Waals surface area contributed by atoms with Crippen LogP contribution in [0, 0.1) is 5.82 Å². The Hall–Kier alpha value is -1.02. The normalized spacial score (nSPS) is 29.5. The second-order valence-electron chi connectivity index (χ2n) is 5.76. The number of rotatable bonds is 4. The molecule has 3 atom stereocenters. The smallest absolute Gasteiger partial charge is 0.243 e. The SMILES string of the molecule is COC[C@@H]1CC[C@H]2[C@H](CCN2S(=O)(=O)c2cccc(F)c2)O1. The van der Waals surface area contributed by atoms with Crippen molar-refractivity contribution in [2.75, 3.05) is 20.3 Å². The summed E-state index contributed by atoms with van der Waals surface area (Å²) >= 11 is 0. The Balaban J connectivity index is 1.79. The van der Waals surface area contributed by atoms with Gasteiger partial charge in [-0.25, -0.2) is 12.8 Å². The second-order valence-corrected chi connectivity index (χ2v) is 7.65. The molecule has 1 aromatic carbocycles. The maximum Gasteiger partial charge on any atom is 0.243 e. The van der Waals surface area contributed by atoms with Crippen LogP contribution in [0.2, 0.25) is 0 Å². The molecule has 0 aromatic heterocycles. The lowest BCUT2D eigenvalue weighted by atomic mass is 10.0. The van der Waals surface area contributed by atoms with Gasteiger partial charge in [-0.2, -0.15) is 4.31 Å². The molecule has 0 unspecified atom stereocenters. The van der Waals surface area contributed by atoms with E-state index in [-0.39, 0.29) is 23.1 Å². The van der Waals surface area contributed by atoms with E-state index in [1.54, 1.807) is 7.11 Å². The zero-order chi connectivity index (χ0) is 15.7. The molecule has 1 aromatic rings. The van der Waals surface area contributed by atoms with Gasteiger partial charge in [0.2, 0.25) is 10.0 Å². The predicted octanol–water partition coefficient (Wildman–Crippen LogP) is 1.78. The molecule has 2 saturated heterocycles. The molecular weight excluding hydrogens is 309 g/mol. The molecule has 122 valence electrons. The van der Waals surface area contributed by atoms with Crippen LogP contribution < -0.4 is 0 Å². The van der Waals surface area contributed by atoms with Crippen LogP contribution in [0.15, 0.2) is 29.2 Å². The average molecular weight is 329 g/mol. The Morgan fingerprint density at radius 3 is 2.91 bits per heavy atom. The molecule has 0 N–H and O–H groups in total. The summed E-state index contributed by atoms with van der Waals surface area (Å²) in [6.07, 6.45) is 2.11. The van der Waals surface area contributed by atoms with E-state index in [9.17, 15) is 12.8 Å². The van der Waals surface area contributed by atoms with Gasteiger partial charge in [0.15, 0.2) is 0 Å².